The Kier molecular flexibility index (Phi) is 10.8. The Hall–Kier alpha value is 0.508. The van der Waals surface area contributed by atoms with Crippen molar-refractivity contribution in [2.75, 3.05) is 13.2 Å². The van der Waals surface area contributed by atoms with Gasteiger partial charge in [-0.3, -0.25) is 0 Å². The van der Waals surface area contributed by atoms with Crippen molar-refractivity contribution in [1.82, 2.24) is 0 Å². The summed E-state index contributed by atoms with van der Waals surface area (Å²) >= 11 is 0. The van der Waals surface area contributed by atoms with Crippen LogP contribution >= 0.6 is 0 Å². The molecule has 0 amide bonds. The molecule has 1 fully saturated rings. The number of aliphatic hydroxyl groups is 4. The van der Waals surface area contributed by atoms with E-state index in [-0.39, 0.29) is 6.61 Å². The molecule has 1 rings (SSSR count). The quantitative estimate of drug-likeness (QED) is 0.226. The van der Waals surface area contributed by atoms with E-state index in [1.54, 1.807) is 0 Å². The molecule has 0 unspecified atom stereocenters. The smallest absolute Gasteiger partial charge is 0.417 e. The molecule has 5 atom stereocenters. The summed E-state index contributed by atoms with van der Waals surface area (Å²) in [5.41, 5.74) is 0. The van der Waals surface area contributed by atoms with Crippen LogP contribution < -0.4 is 0 Å². The summed E-state index contributed by atoms with van der Waals surface area (Å²) in [5, 5.41) is 39.3. The lowest BCUT2D eigenvalue weighted by molar-refractivity contribution is -0.301. The number of ether oxygens (including phenoxy) is 2. The maximum absolute atomic E-state index is 10.1. The monoisotopic (exact) mass is 516 g/mol. The van der Waals surface area contributed by atoms with Gasteiger partial charge in [-0.05, 0) is 65.3 Å². The highest BCUT2D eigenvalue weighted by molar-refractivity contribution is 6.90. The average Bonchev–Trinajstić information content (AvgIpc) is 2.53. The molecule has 31 heavy (non-hydrogen) atoms. The lowest BCUT2D eigenvalue weighted by atomic mass is 9.99. The molecule has 0 spiro atoms. The van der Waals surface area contributed by atoms with Crippen molar-refractivity contribution >= 4 is 33.8 Å². The molecule has 0 aromatic heterocycles. The fourth-order valence-corrected chi connectivity index (χ4v) is 17.9. The molecule has 0 radical (unpaired) electrons. The molecule has 0 aromatic carbocycles. The molecule has 1 aliphatic rings. The predicted octanol–water partition coefficient (Wildman–Crippen LogP) is 1.69. The standard InChI is InChI=1S/C18H44O9Si4/c1-28(2,3)25-31(26-29(4,5)6,27-30(7,8)9)12-10-11-23-18-17(22)16(21)15(20)14(13-19)24-18/h14-22H,10-13H2,1-9H3/t14-,15-,16+,17-,18-/m1/s1. The lowest BCUT2D eigenvalue weighted by Crippen LogP contribution is -2.60. The second-order valence-electron chi connectivity index (χ2n) is 11.0. The first-order valence-corrected chi connectivity index (χ1v) is 23.1. The van der Waals surface area contributed by atoms with Gasteiger partial charge in [0.05, 0.1) is 6.61 Å². The molecular formula is C18H44O9Si4. The first-order valence-electron chi connectivity index (χ1n) is 10.9. The van der Waals surface area contributed by atoms with Gasteiger partial charge in [0.25, 0.3) is 0 Å². The first-order chi connectivity index (χ1) is 13.9. The summed E-state index contributed by atoms with van der Waals surface area (Å²) in [7, 11) is -8.87. The Morgan fingerprint density at radius 3 is 1.55 bits per heavy atom. The largest absolute Gasteiger partial charge is 0.469 e. The highest BCUT2D eigenvalue weighted by Crippen LogP contribution is 2.30. The third kappa shape index (κ3) is 10.5. The van der Waals surface area contributed by atoms with Crippen molar-refractivity contribution in [2.24, 2.45) is 0 Å². The summed E-state index contributed by atoms with van der Waals surface area (Å²) in [5.74, 6) is 0. The van der Waals surface area contributed by atoms with Crippen molar-refractivity contribution in [1.29, 1.82) is 0 Å². The van der Waals surface area contributed by atoms with Gasteiger partial charge in [0.2, 0.25) is 0 Å². The van der Waals surface area contributed by atoms with Crippen molar-refractivity contribution in [3.8, 4) is 0 Å². The van der Waals surface area contributed by atoms with Gasteiger partial charge in [-0.15, -0.1) is 0 Å². The Balaban J connectivity index is 2.87. The van der Waals surface area contributed by atoms with E-state index in [1.807, 2.05) is 0 Å². The third-order valence-corrected chi connectivity index (χ3v) is 16.2. The van der Waals surface area contributed by atoms with E-state index < -0.39 is 71.1 Å². The Labute approximate surface area is 191 Å². The van der Waals surface area contributed by atoms with Gasteiger partial charge in [-0.25, -0.2) is 0 Å². The summed E-state index contributed by atoms with van der Waals surface area (Å²) in [4.78, 5) is 0. The van der Waals surface area contributed by atoms with Crippen LogP contribution in [-0.2, 0) is 21.8 Å². The van der Waals surface area contributed by atoms with Gasteiger partial charge < -0.3 is 42.2 Å². The fourth-order valence-electron chi connectivity index (χ4n) is 3.31. The van der Waals surface area contributed by atoms with Gasteiger partial charge in [0, 0.05) is 12.7 Å². The van der Waals surface area contributed by atoms with Crippen molar-refractivity contribution < 1.29 is 42.2 Å². The zero-order valence-corrected chi connectivity index (χ0v) is 24.5. The molecular weight excluding hydrogens is 473 g/mol. The molecule has 0 bridgehead atoms. The highest BCUT2D eigenvalue weighted by Gasteiger charge is 2.50. The normalized spacial score (nSPS) is 28.7. The summed E-state index contributed by atoms with van der Waals surface area (Å²) in [6.07, 6.45) is -5.83. The topological polar surface area (TPSA) is 127 Å². The minimum Gasteiger partial charge on any atom is -0.417 e. The number of rotatable bonds is 12. The Morgan fingerprint density at radius 1 is 0.710 bits per heavy atom. The zero-order chi connectivity index (χ0) is 24.3. The molecule has 1 heterocycles. The molecule has 4 N–H and O–H groups in total. The maximum atomic E-state index is 10.1. The molecule has 0 aromatic rings. The van der Waals surface area contributed by atoms with Gasteiger partial charge in [0.1, 0.15) is 24.4 Å². The Bertz CT molecular complexity index is 505. The van der Waals surface area contributed by atoms with Crippen molar-refractivity contribution in [3.05, 3.63) is 0 Å². The number of aliphatic hydroxyl groups excluding tert-OH is 4. The van der Waals surface area contributed by atoms with Crippen LogP contribution in [0, 0.1) is 0 Å². The van der Waals surface area contributed by atoms with Crippen LogP contribution in [0.3, 0.4) is 0 Å². The van der Waals surface area contributed by atoms with E-state index in [2.05, 4.69) is 58.9 Å². The SMILES string of the molecule is C[Si](C)(C)O[Si](CCCO[C@@H]1O[C@H](CO)[C@@H](O)[C@H](O)[C@H]1O)(O[Si](C)(C)C)O[Si](C)(C)C. The highest BCUT2D eigenvalue weighted by atomic mass is 28.5. The minimum absolute atomic E-state index is 0.219. The first kappa shape index (κ1) is 29.5. The molecule has 13 heteroatoms. The van der Waals surface area contributed by atoms with Gasteiger partial charge in [0.15, 0.2) is 31.2 Å². The van der Waals surface area contributed by atoms with Gasteiger partial charge in [-0.2, -0.15) is 0 Å². The van der Waals surface area contributed by atoms with Crippen LogP contribution in [0.4, 0.5) is 0 Å². The molecule has 1 aliphatic heterocycles. The van der Waals surface area contributed by atoms with E-state index >= 15 is 0 Å². The molecule has 186 valence electrons. The molecule has 0 aliphatic carbocycles. The van der Waals surface area contributed by atoms with Crippen LogP contribution in [-0.4, -0.2) is 98.1 Å². The summed E-state index contributed by atoms with van der Waals surface area (Å²) in [6.45, 7) is 18.9. The van der Waals surface area contributed by atoms with E-state index in [0.29, 0.717) is 12.5 Å². The van der Waals surface area contributed by atoms with Crippen LogP contribution in [0.15, 0.2) is 0 Å². The minimum atomic E-state index is -2.98. The second-order valence-corrected chi connectivity index (χ2v) is 28.0. The average molecular weight is 517 g/mol. The molecule has 0 saturated carbocycles. The van der Waals surface area contributed by atoms with Crippen LogP contribution in [0.25, 0.3) is 0 Å². The van der Waals surface area contributed by atoms with Gasteiger partial charge in [-0.1, -0.05) is 0 Å². The van der Waals surface area contributed by atoms with Crippen LogP contribution in [0.2, 0.25) is 65.0 Å². The zero-order valence-electron chi connectivity index (χ0n) is 20.5. The van der Waals surface area contributed by atoms with Crippen LogP contribution in [0.1, 0.15) is 6.42 Å². The maximum Gasteiger partial charge on any atom is 0.469 e. The molecule has 9 nitrogen and oxygen atoms in total. The van der Waals surface area contributed by atoms with Gasteiger partial charge >= 0.3 is 8.80 Å². The number of hydrogen-bond donors (Lipinski definition) is 4. The lowest BCUT2D eigenvalue weighted by Gasteiger charge is -2.43. The van der Waals surface area contributed by atoms with E-state index in [9.17, 15) is 20.4 Å². The Morgan fingerprint density at radius 2 is 1.16 bits per heavy atom. The van der Waals surface area contributed by atoms with Crippen molar-refractivity contribution in [2.45, 2.75) is 102 Å². The van der Waals surface area contributed by atoms with E-state index in [1.165, 1.54) is 0 Å². The summed E-state index contributed by atoms with van der Waals surface area (Å²) < 4.78 is 30.9. The van der Waals surface area contributed by atoms with Crippen molar-refractivity contribution in [3.63, 3.8) is 0 Å². The molecule has 1 saturated heterocycles. The summed E-state index contributed by atoms with van der Waals surface area (Å²) in [6, 6.07) is 0.573. The second kappa shape index (κ2) is 11.3. The van der Waals surface area contributed by atoms with E-state index in [4.69, 9.17) is 21.8 Å². The number of hydrogen-bond acceptors (Lipinski definition) is 9. The van der Waals surface area contributed by atoms with E-state index in [0.717, 1.165) is 0 Å². The van der Waals surface area contributed by atoms with Crippen LogP contribution in [0.5, 0.6) is 0 Å². The third-order valence-electron chi connectivity index (χ3n) is 4.14. The predicted molar refractivity (Wildman–Crippen MR) is 128 cm³/mol. The fraction of sp³-hybridized carbons (Fsp3) is 1.00.